The Labute approximate surface area is 171 Å². The maximum atomic E-state index is 13.4. The van der Waals surface area contributed by atoms with Gasteiger partial charge < -0.3 is 5.11 Å². The Balaban J connectivity index is 1.94. The van der Waals surface area contributed by atoms with E-state index in [4.69, 9.17) is 0 Å². The van der Waals surface area contributed by atoms with Crippen LogP contribution in [0.5, 0.6) is 0 Å². The highest BCUT2D eigenvalue weighted by molar-refractivity contribution is 7.10. The topological polar surface area (TPSA) is 57.6 Å². The molecule has 1 aliphatic heterocycles. The van der Waals surface area contributed by atoms with E-state index in [0.29, 0.717) is 11.3 Å². The first-order valence-electron chi connectivity index (χ1n) is 9.06. The number of hydrogen-bond acceptors (Lipinski definition) is 4. The molecule has 146 valence electrons. The number of benzene rings is 2. The Morgan fingerprint density at radius 3 is 2.24 bits per heavy atom. The average Bonchev–Trinajstić information content (AvgIpc) is 3.24. The number of carbonyl (C=O) groups excluding carboxylic acids is 2. The molecule has 6 heteroatoms. The molecule has 1 aromatic heterocycles. The van der Waals surface area contributed by atoms with Crippen LogP contribution in [0.4, 0.5) is 10.1 Å². The summed E-state index contributed by atoms with van der Waals surface area (Å²) in [4.78, 5) is 28.0. The van der Waals surface area contributed by atoms with Crippen molar-refractivity contribution in [1.29, 1.82) is 0 Å². The number of ketones is 1. The Morgan fingerprint density at radius 2 is 1.66 bits per heavy atom. The number of hydrogen-bond donors (Lipinski definition) is 1. The third-order valence-corrected chi connectivity index (χ3v) is 6.10. The second-order valence-corrected chi connectivity index (χ2v) is 7.93. The molecular formula is C23H18FNO3S. The van der Waals surface area contributed by atoms with Gasteiger partial charge in [-0.15, -0.1) is 11.3 Å². The van der Waals surface area contributed by atoms with Gasteiger partial charge in [-0.05, 0) is 55.1 Å². The maximum Gasteiger partial charge on any atom is 0.300 e. The Morgan fingerprint density at radius 1 is 1.00 bits per heavy atom. The van der Waals surface area contributed by atoms with Gasteiger partial charge in [-0.2, -0.15) is 0 Å². The van der Waals surface area contributed by atoms with Crippen molar-refractivity contribution in [2.75, 3.05) is 4.90 Å². The van der Waals surface area contributed by atoms with Crippen LogP contribution in [0.1, 0.15) is 27.6 Å². The summed E-state index contributed by atoms with van der Waals surface area (Å²) >= 11 is 1.41. The lowest BCUT2D eigenvalue weighted by Crippen LogP contribution is -2.29. The number of carbonyl (C=O) groups is 2. The fourth-order valence-corrected chi connectivity index (χ4v) is 4.50. The highest BCUT2D eigenvalue weighted by atomic mass is 32.1. The van der Waals surface area contributed by atoms with Crippen molar-refractivity contribution >= 4 is 34.5 Å². The SMILES string of the molecule is Cc1ccc(/C(O)=C2/C(=O)C(=O)N(c3ccc(F)cc3)C2c2sccc2C)cc1. The summed E-state index contributed by atoms with van der Waals surface area (Å²) in [5.41, 5.74) is 2.82. The number of thiophene rings is 1. The number of Topliss-reactive ketones (excluding diaryl/α,β-unsaturated/α-hetero) is 1. The summed E-state index contributed by atoms with van der Waals surface area (Å²) < 4.78 is 13.4. The Bertz CT molecular complexity index is 1130. The van der Waals surface area contributed by atoms with Gasteiger partial charge in [-0.3, -0.25) is 14.5 Å². The molecular weight excluding hydrogens is 389 g/mol. The summed E-state index contributed by atoms with van der Waals surface area (Å²) in [5.74, 6) is -2.16. The lowest BCUT2D eigenvalue weighted by molar-refractivity contribution is -0.132. The lowest BCUT2D eigenvalue weighted by Gasteiger charge is -2.25. The van der Waals surface area contributed by atoms with E-state index >= 15 is 0 Å². The number of anilines is 1. The molecule has 1 N–H and O–H groups in total. The number of nitrogens with zero attached hydrogens (tertiary/aromatic N) is 1. The number of aryl methyl sites for hydroxylation is 2. The van der Waals surface area contributed by atoms with Crippen molar-refractivity contribution in [2.24, 2.45) is 0 Å². The zero-order valence-electron chi connectivity index (χ0n) is 15.8. The number of aliphatic hydroxyl groups is 1. The van der Waals surface area contributed by atoms with E-state index in [9.17, 15) is 19.1 Å². The van der Waals surface area contributed by atoms with Crippen LogP contribution in [0.2, 0.25) is 0 Å². The Kier molecular flexibility index (Phi) is 4.80. The molecule has 1 amide bonds. The molecule has 0 saturated carbocycles. The molecule has 4 nitrogen and oxygen atoms in total. The number of amides is 1. The van der Waals surface area contributed by atoms with E-state index in [0.717, 1.165) is 16.0 Å². The first-order chi connectivity index (χ1) is 13.9. The molecule has 0 radical (unpaired) electrons. The van der Waals surface area contributed by atoms with Crippen molar-refractivity contribution in [3.63, 3.8) is 0 Å². The van der Waals surface area contributed by atoms with Gasteiger partial charge in [0.25, 0.3) is 11.7 Å². The van der Waals surface area contributed by atoms with Gasteiger partial charge in [-0.1, -0.05) is 29.8 Å². The predicted octanol–water partition coefficient (Wildman–Crippen LogP) is 5.13. The molecule has 1 atom stereocenters. The standard InChI is InChI=1S/C23H18FNO3S/c1-13-3-5-15(6-4-13)20(26)18-19(22-14(2)11-12-29-22)25(23(28)21(18)27)17-9-7-16(24)8-10-17/h3-12,19,26H,1-2H3/b20-18-. The van der Waals surface area contributed by atoms with Crippen LogP contribution < -0.4 is 4.90 Å². The van der Waals surface area contributed by atoms with Gasteiger partial charge in [0.05, 0.1) is 5.57 Å². The van der Waals surface area contributed by atoms with Crippen molar-refractivity contribution in [3.05, 3.63) is 92.9 Å². The molecule has 1 saturated heterocycles. The first kappa shape index (κ1) is 19.1. The highest BCUT2D eigenvalue weighted by Crippen LogP contribution is 2.44. The second kappa shape index (κ2) is 7.29. The van der Waals surface area contributed by atoms with Crippen LogP contribution in [0.25, 0.3) is 5.76 Å². The fraction of sp³-hybridized carbons (Fsp3) is 0.130. The minimum absolute atomic E-state index is 0.0359. The third kappa shape index (κ3) is 3.25. The first-order valence-corrected chi connectivity index (χ1v) is 9.94. The van der Waals surface area contributed by atoms with E-state index in [1.165, 1.54) is 40.5 Å². The lowest BCUT2D eigenvalue weighted by atomic mass is 9.98. The van der Waals surface area contributed by atoms with Gasteiger partial charge in [0.2, 0.25) is 0 Å². The normalized spacial score (nSPS) is 18.4. The molecule has 1 aliphatic rings. The zero-order valence-corrected chi connectivity index (χ0v) is 16.7. The van der Waals surface area contributed by atoms with Gasteiger partial charge in [-0.25, -0.2) is 4.39 Å². The minimum atomic E-state index is -0.776. The number of rotatable bonds is 3. The number of halogens is 1. The summed E-state index contributed by atoms with van der Waals surface area (Å²) in [6.07, 6.45) is 0. The van der Waals surface area contributed by atoms with Crippen molar-refractivity contribution in [2.45, 2.75) is 19.9 Å². The molecule has 2 aromatic carbocycles. The van der Waals surface area contributed by atoms with E-state index in [2.05, 4.69) is 0 Å². The van der Waals surface area contributed by atoms with Crippen LogP contribution in [0, 0.1) is 19.7 Å². The van der Waals surface area contributed by atoms with Crippen LogP contribution in [-0.2, 0) is 9.59 Å². The number of aliphatic hydroxyl groups excluding tert-OH is 1. The molecule has 2 heterocycles. The van der Waals surface area contributed by atoms with E-state index in [-0.39, 0.29) is 11.3 Å². The van der Waals surface area contributed by atoms with Gasteiger partial charge >= 0.3 is 0 Å². The average molecular weight is 407 g/mol. The summed E-state index contributed by atoms with van der Waals surface area (Å²) in [5, 5.41) is 12.9. The van der Waals surface area contributed by atoms with E-state index in [1.807, 2.05) is 37.4 Å². The summed E-state index contributed by atoms with van der Waals surface area (Å²) in [6.45, 7) is 3.81. The van der Waals surface area contributed by atoms with Crippen LogP contribution >= 0.6 is 11.3 Å². The molecule has 29 heavy (non-hydrogen) atoms. The van der Waals surface area contributed by atoms with Crippen molar-refractivity contribution in [1.82, 2.24) is 0 Å². The van der Waals surface area contributed by atoms with Gasteiger partial charge in [0.15, 0.2) is 0 Å². The second-order valence-electron chi connectivity index (χ2n) is 6.98. The van der Waals surface area contributed by atoms with E-state index < -0.39 is 23.5 Å². The monoisotopic (exact) mass is 407 g/mol. The minimum Gasteiger partial charge on any atom is -0.507 e. The predicted molar refractivity (Wildman–Crippen MR) is 111 cm³/mol. The highest BCUT2D eigenvalue weighted by Gasteiger charge is 2.47. The van der Waals surface area contributed by atoms with Crippen LogP contribution in [0.15, 0.2) is 65.6 Å². The molecule has 0 spiro atoms. The van der Waals surface area contributed by atoms with Crippen LogP contribution in [-0.4, -0.2) is 16.8 Å². The van der Waals surface area contributed by atoms with Gasteiger partial charge in [0.1, 0.15) is 17.6 Å². The van der Waals surface area contributed by atoms with E-state index in [1.54, 1.807) is 12.1 Å². The summed E-state index contributed by atoms with van der Waals surface area (Å²) in [6, 6.07) is 13.6. The smallest absolute Gasteiger partial charge is 0.300 e. The summed E-state index contributed by atoms with van der Waals surface area (Å²) in [7, 11) is 0. The molecule has 0 bridgehead atoms. The Hall–Kier alpha value is -3.25. The third-order valence-electron chi connectivity index (χ3n) is 5.02. The van der Waals surface area contributed by atoms with Crippen molar-refractivity contribution < 1.29 is 19.1 Å². The van der Waals surface area contributed by atoms with Gasteiger partial charge in [0, 0.05) is 16.1 Å². The quantitative estimate of drug-likeness (QED) is 0.372. The largest absolute Gasteiger partial charge is 0.507 e. The van der Waals surface area contributed by atoms with Crippen LogP contribution in [0.3, 0.4) is 0 Å². The molecule has 4 rings (SSSR count). The molecule has 1 unspecified atom stereocenters. The molecule has 3 aromatic rings. The fourth-order valence-electron chi connectivity index (χ4n) is 3.48. The van der Waals surface area contributed by atoms with Crippen molar-refractivity contribution in [3.8, 4) is 0 Å². The maximum absolute atomic E-state index is 13.4. The molecule has 1 fully saturated rings. The molecule has 0 aliphatic carbocycles. The zero-order chi connectivity index (χ0) is 20.7.